The molecule has 2 unspecified atom stereocenters. The lowest BCUT2D eigenvalue weighted by atomic mass is 10.1. The molecule has 0 spiro atoms. The third kappa shape index (κ3) is 4.99. The topological polar surface area (TPSA) is 85.7 Å². The van der Waals surface area contributed by atoms with E-state index in [9.17, 15) is 9.59 Å². The van der Waals surface area contributed by atoms with Gasteiger partial charge in [-0.1, -0.05) is 30.3 Å². The van der Waals surface area contributed by atoms with Crippen molar-refractivity contribution in [3.8, 4) is 0 Å². The van der Waals surface area contributed by atoms with Gasteiger partial charge in [-0.05, 0) is 47.1 Å². The maximum atomic E-state index is 13.1. The van der Waals surface area contributed by atoms with Gasteiger partial charge in [0.2, 0.25) is 0 Å². The number of anilines is 1. The van der Waals surface area contributed by atoms with Crippen molar-refractivity contribution in [1.29, 1.82) is 0 Å². The zero-order valence-electron chi connectivity index (χ0n) is 18.4. The van der Waals surface area contributed by atoms with Crippen LogP contribution < -0.4 is 5.32 Å². The molecule has 0 aliphatic carbocycles. The lowest BCUT2D eigenvalue weighted by Crippen LogP contribution is -2.54. The molecule has 0 radical (unpaired) electrons. The van der Waals surface area contributed by atoms with E-state index in [2.05, 4.69) is 10.4 Å². The summed E-state index contributed by atoms with van der Waals surface area (Å²) in [5.74, 6) is 0.0425. The molecule has 3 rings (SSSR count). The van der Waals surface area contributed by atoms with Gasteiger partial charge in [-0.25, -0.2) is 4.79 Å². The highest BCUT2D eigenvalue weighted by atomic mass is 16.6. The number of nitrogens with one attached hydrogen (secondary N) is 1. The van der Waals surface area contributed by atoms with E-state index in [0.717, 1.165) is 5.56 Å². The van der Waals surface area contributed by atoms with Gasteiger partial charge in [-0.2, -0.15) is 5.10 Å². The third-order valence-corrected chi connectivity index (χ3v) is 4.72. The predicted molar refractivity (Wildman–Crippen MR) is 113 cm³/mol. The molecule has 2 aromatic rings. The molecule has 2 heterocycles. The fourth-order valence-electron chi connectivity index (χ4n) is 3.58. The predicted octanol–water partition coefficient (Wildman–Crippen LogP) is 3.63. The smallest absolute Gasteiger partial charge is 0.413 e. The number of hydrogen-bond donors (Lipinski definition) is 1. The molecular formula is C22H30N4O4. The Labute approximate surface area is 177 Å². The summed E-state index contributed by atoms with van der Waals surface area (Å²) < 4.78 is 13.2. The third-order valence-electron chi connectivity index (χ3n) is 4.72. The second-order valence-corrected chi connectivity index (χ2v) is 8.94. The van der Waals surface area contributed by atoms with Crippen LogP contribution in [0.4, 0.5) is 10.6 Å². The molecule has 0 bridgehead atoms. The van der Waals surface area contributed by atoms with Crippen LogP contribution in [0.3, 0.4) is 0 Å². The van der Waals surface area contributed by atoms with E-state index in [1.165, 1.54) is 4.90 Å². The van der Waals surface area contributed by atoms with Crippen molar-refractivity contribution in [3.63, 3.8) is 0 Å². The van der Waals surface area contributed by atoms with Crippen molar-refractivity contribution < 1.29 is 19.1 Å². The normalized spacial score (nSPS) is 20.8. The fraction of sp³-hybridized carbons (Fsp3) is 0.500. The molecule has 2 atom stereocenters. The summed E-state index contributed by atoms with van der Waals surface area (Å²) in [5, 5.41) is 7.22. The van der Waals surface area contributed by atoms with Crippen LogP contribution in [0.1, 0.15) is 47.1 Å². The van der Waals surface area contributed by atoms with Gasteiger partial charge in [0.1, 0.15) is 17.4 Å². The highest BCUT2D eigenvalue weighted by molar-refractivity contribution is 5.96. The van der Waals surface area contributed by atoms with Crippen LogP contribution in [0.2, 0.25) is 0 Å². The molecule has 1 aromatic carbocycles. The Morgan fingerprint density at radius 3 is 2.50 bits per heavy atom. The van der Waals surface area contributed by atoms with E-state index in [1.54, 1.807) is 58.5 Å². The maximum absolute atomic E-state index is 13.1. The van der Waals surface area contributed by atoms with E-state index in [-0.39, 0.29) is 5.91 Å². The van der Waals surface area contributed by atoms with E-state index >= 15 is 0 Å². The molecule has 8 heteroatoms. The van der Waals surface area contributed by atoms with Crippen LogP contribution >= 0.6 is 0 Å². The summed E-state index contributed by atoms with van der Waals surface area (Å²) in [6.45, 7) is 11.2. The molecule has 0 saturated carbocycles. The molecule has 162 valence electrons. The summed E-state index contributed by atoms with van der Waals surface area (Å²) in [6, 6.07) is 10.8. The van der Waals surface area contributed by atoms with Crippen molar-refractivity contribution in [2.45, 2.75) is 71.6 Å². The van der Waals surface area contributed by atoms with E-state index in [1.807, 2.05) is 30.3 Å². The summed E-state index contributed by atoms with van der Waals surface area (Å²) in [5.41, 5.74) is -0.554. The van der Waals surface area contributed by atoms with Gasteiger partial charge in [0.05, 0.1) is 12.6 Å². The number of ether oxygens (including phenoxy) is 2. The minimum Gasteiger partial charge on any atom is -0.444 e. The Morgan fingerprint density at radius 1 is 1.20 bits per heavy atom. The van der Waals surface area contributed by atoms with Crippen molar-refractivity contribution in [2.24, 2.45) is 0 Å². The largest absolute Gasteiger partial charge is 0.444 e. The lowest BCUT2D eigenvalue weighted by molar-refractivity contribution is -0.121. The monoisotopic (exact) mass is 414 g/mol. The molecule has 1 aliphatic rings. The Balaban J connectivity index is 1.73. The molecule has 30 heavy (non-hydrogen) atoms. The minimum absolute atomic E-state index is 0.371. The van der Waals surface area contributed by atoms with E-state index in [0.29, 0.717) is 12.4 Å². The average Bonchev–Trinajstić information content (AvgIpc) is 3.14. The molecule has 1 N–H and O–H groups in total. The Hall–Kier alpha value is -2.87. The Morgan fingerprint density at radius 2 is 1.87 bits per heavy atom. The highest BCUT2D eigenvalue weighted by Crippen LogP contribution is 2.34. The quantitative estimate of drug-likeness (QED) is 0.826. The molecule has 2 amide bonds. The second kappa shape index (κ2) is 8.10. The summed E-state index contributed by atoms with van der Waals surface area (Å²) in [4.78, 5) is 27.3. The van der Waals surface area contributed by atoms with Gasteiger partial charge in [-0.15, -0.1) is 0 Å². The SMILES string of the molecule is CC1OC(C)(C)N(C(=O)OC(C)(C)C)C1C(=O)Nc1ccn(Cc2ccccc2)n1. The number of rotatable bonds is 4. The average molecular weight is 415 g/mol. The Bertz CT molecular complexity index is 901. The first-order valence-corrected chi connectivity index (χ1v) is 10.0. The fourth-order valence-corrected chi connectivity index (χ4v) is 3.58. The number of amides is 2. The van der Waals surface area contributed by atoms with E-state index in [4.69, 9.17) is 9.47 Å². The molecule has 1 aliphatic heterocycles. The lowest BCUT2D eigenvalue weighted by Gasteiger charge is -2.34. The van der Waals surface area contributed by atoms with Crippen LogP contribution in [0.5, 0.6) is 0 Å². The van der Waals surface area contributed by atoms with Crippen molar-refractivity contribution in [1.82, 2.24) is 14.7 Å². The van der Waals surface area contributed by atoms with Crippen molar-refractivity contribution >= 4 is 17.8 Å². The standard InChI is InChI=1S/C22H30N4O4/c1-15-18(26(22(5,6)29-15)20(28)30-21(2,3)4)19(27)23-17-12-13-25(24-17)14-16-10-8-7-9-11-16/h7-13,15,18H,14H2,1-6H3,(H,23,24,27). The summed E-state index contributed by atoms with van der Waals surface area (Å²) >= 11 is 0. The van der Waals surface area contributed by atoms with Crippen molar-refractivity contribution in [3.05, 3.63) is 48.2 Å². The van der Waals surface area contributed by atoms with Gasteiger partial charge < -0.3 is 14.8 Å². The van der Waals surface area contributed by atoms with Crippen molar-refractivity contribution in [2.75, 3.05) is 5.32 Å². The van der Waals surface area contributed by atoms with Gasteiger partial charge in [0.15, 0.2) is 5.82 Å². The van der Waals surface area contributed by atoms with Crippen LogP contribution in [0.25, 0.3) is 0 Å². The van der Waals surface area contributed by atoms with E-state index < -0.39 is 29.6 Å². The minimum atomic E-state index is -0.976. The molecule has 1 saturated heterocycles. The number of aromatic nitrogens is 2. The Kier molecular flexibility index (Phi) is 5.90. The molecule has 8 nitrogen and oxygen atoms in total. The molecule has 1 aromatic heterocycles. The maximum Gasteiger partial charge on any atom is 0.413 e. The van der Waals surface area contributed by atoms with Crippen LogP contribution in [-0.4, -0.2) is 50.2 Å². The number of nitrogens with zero attached hydrogens (tertiary/aromatic N) is 3. The summed E-state index contributed by atoms with van der Waals surface area (Å²) in [7, 11) is 0. The first-order valence-electron chi connectivity index (χ1n) is 10.0. The summed E-state index contributed by atoms with van der Waals surface area (Å²) in [6.07, 6.45) is 0.706. The first kappa shape index (κ1) is 21.8. The van der Waals surface area contributed by atoms with Gasteiger partial charge in [0.25, 0.3) is 5.91 Å². The van der Waals surface area contributed by atoms with Gasteiger partial charge in [-0.3, -0.25) is 14.4 Å². The highest BCUT2D eigenvalue weighted by Gasteiger charge is 2.52. The van der Waals surface area contributed by atoms with Crippen LogP contribution in [0.15, 0.2) is 42.6 Å². The number of carbonyl (C=O) groups is 2. The zero-order valence-corrected chi connectivity index (χ0v) is 18.4. The van der Waals surface area contributed by atoms with Gasteiger partial charge in [0, 0.05) is 12.3 Å². The van der Waals surface area contributed by atoms with Gasteiger partial charge >= 0.3 is 6.09 Å². The first-order chi connectivity index (χ1) is 14.0. The zero-order chi connectivity index (χ0) is 22.1. The number of hydrogen-bond acceptors (Lipinski definition) is 5. The van der Waals surface area contributed by atoms with Crippen LogP contribution in [-0.2, 0) is 20.8 Å². The number of benzene rings is 1. The number of carbonyl (C=O) groups excluding carboxylic acids is 2. The van der Waals surface area contributed by atoms with Crippen LogP contribution in [0, 0.1) is 0 Å². The molecular weight excluding hydrogens is 384 g/mol. The second-order valence-electron chi connectivity index (χ2n) is 8.94. The molecule has 1 fully saturated rings.